The van der Waals surface area contributed by atoms with Crippen LogP contribution in [0.1, 0.15) is 52.1 Å². The lowest BCUT2D eigenvalue weighted by atomic mass is 10.0. The van der Waals surface area contributed by atoms with Crippen LogP contribution < -0.4 is 10.1 Å². The van der Waals surface area contributed by atoms with Crippen molar-refractivity contribution in [2.24, 2.45) is 0 Å². The highest BCUT2D eigenvalue weighted by atomic mass is 16.5. The molecule has 0 radical (unpaired) electrons. The predicted molar refractivity (Wildman–Crippen MR) is 88.9 cm³/mol. The molecule has 1 heterocycles. The average Bonchev–Trinajstić information content (AvgIpc) is 2.48. The van der Waals surface area contributed by atoms with E-state index in [1.54, 1.807) is 0 Å². The van der Waals surface area contributed by atoms with E-state index in [1.165, 1.54) is 38.0 Å². The molecule has 1 aromatic rings. The third kappa shape index (κ3) is 5.01. The summed E-state index contributed by atoms with van der Waals surface area (Å²) < 4.78 is 5.70. The zero-order valence-electron chi connectivity index (χ0n) is 13.9. The molecular formula is C18H30N2O. The molecule has 0 aromatic heterocycles. The Morgan fingerprint density at radius 2 is 1.76 bits per heavy atom. The zero-order chi connectivity index (χ0) is 15.2. The fourth-order valence-electron chi connectivity index (χ4n) is 2.97. The van der Waals surface area contributed by atoms with Crippen molar-refractivity contribution in [3.63, 3.8) is 0 Å². The predicted octanol–water partition coefficient (Wildman–Crippen LogP) is 3.61. The highest BCUT2D eigenvalue weighted by Gasteiger charge is 2.19. The minimum atomic E-state index is 0.232. The van der Waals surface area contributed by atoms with Crippen LogP contribution in [0, 0.1) is 0 Å². The number of hydrogen-bond acceptors (Lipinski definition) is 3. The number of piperidine rings is 1. The van der Waals surface area contributed by atoms with Gasteiger partial charge in [-0.2, -0.15) is 0 Å². The van der Waals surface area contributed by atoms with Crippen LogP contribution in [-0.2, 0) is 0 Å². The van der Waals surface area contributed by atoms with Gasteiger partial charge in [-0.25, -0.2) is 0 Å². The van der Waals surface area contributed by atoms with Gasteiger partial charge in [-0.15, -0.1) is 0 Å². The van der Waals surface area contributed by atoms with Crippen molar-refractivity contribution in [1.82, 2.24) is 10.2 Å². The molecule has 1 saturated heterocycles. The molecule has 1 N–H and O–H groups in total. The van der Waals surface area contributed by atoms with Gasteiger partial charge in [0, 0.05) is 12.1 Å². The molecule has 1 aliphatic heterocycles. The van der Waals surface area contributed by atoms with E-state index in [4.69, 9.17) is 4.74 Å². The van der Waals surface area contributed by atoms with Crippen molar-refractivity contribution in [2.45, 2.75) is 58.7 Å². The summed E-state index contributed by atoms with van der Waals surface area (Å²) in [5.74, 6) is 0.956. The van der Waals surface area contributed by atoms with Crippen molar-refractivity contribution in [2.75, 3.05) is 19.6 Å². The third-order valence-electron chi connectivity index (χ3n) is 4.27. The molecule has 2 rings (SSSR count). The molecule has 0 amide bonds. The smallest absolute Gasteiger partial charge is 0.119 e. The van der Waals surface area contributed by atoms with E-state index in [0.717, 1.165) is 5.75 Å². The first kappa shape index (κ1) is 16.3. The van der Waals surface area contributed by atoms with Gasteiger partial charge in [-0.3, -0.25) is 0 Å². The number of nitrogens with zero attached hydrogens (tertiary/aromatic N) is 1. The fourth-order valence-corrected chi connectivity index (χ4v) is 2.97. The Labute approximate surface area is 129 Å². The van der Waals surface area contributed by atoms with Gasteiger partial charge in [0.2, 0.25) is 0 Å². The van der Waals surface area contributed by atoms with E-state index in [1.807, 2.05) is 0 Å². The molecule has 0 saturated carbocycles. The van der Waals surface area contributed by atoms with E-state index in [-0.39, 0.29) is 6.10 Å². The molecule has 21 heavy (non-hydrogen) atoms. The minimum absolute atomic E-state index is 0.232. The Hall–Kier alpha value is -1.06. The van der Waals surface area contributed by atoms with Gasteiger partial charge < -0.3 is 15.0 Å². The van der Waals surface area contributed by atoms with E-state index in [9.17, 15) is 0 Å². The lowest BCUT2D eigenvalue weighted by molar-refractivity contribution is 0.200. The second-order valence-corrected chi connectivity index (χ2v) is 6.33. The summed E-state index contributed by atoms with van der Waals surface area (Å²) in [6.07, 6.45) is 2.74. The Balaban J connectivity index is 1.84. The number of likely N-dealkylation sites (tertiary alicyclic amines) is 1. The maximum atomic E-state index is 5.70. The Morgan fingerprint density at radius 3 is 2.29 bits per heavy atom. The molecule has 1 atom stereocenters. The largest absolute Gasteiger partial charge is 0.491 e. The van der Waals surface area contributed by atoms with Gasteiger partial charge in [0.15, 0.2) is 0 Å². The summed E-state index contributed by atoms with van der Waals surface area (Å²) in [7, 11) is 0. The molecule has 1 fully saturated rings. The first-order valence-corrected chi connectivity index (χ1v) is 8.33. The van der Waals surface area contributed by atoms with Crippen LogP contribution in [0.3, 0.4) is 0 Å². The maximum Gasteiger partial charge on any atom is 0.119 e. The van der Waals surface area contributed by atoms with E-state index in [2.05, 4.69) is 62.2 Å². The lowest BCUT2D eigenvalue weighted by Gasteiger charge is -2.33. The standard InChI is InChI=1S/C18H30N2O/c1-5-20-12-10-17(11-13-20)19-15(4)16-6-8-18(9-7-16)21-14(2)3/h6-9,14-15,17,19H,5,10-13H2,1-4H3. The summed E-state index contributed by atoms with van der Waals surface area (Å²) >= 11 is 0. The molecule has 3 heteroatoms. The summed E-state index contributed by atoms with van der Waals surface area (Å²) in [5, 5.41) is 3.77. The van der Waals surface area contributed by atoms with Gasteiger partial charge in [0.1, 0.15) is 5.75 Å². The Bertz CT molecular complexity index is 408. The van der Waals surface area contributed by atoms with Gasteiger partial charge in [0.25, 0.3) is 0 Å². The van der Waals surface area contributed by atoms with E-state index >= 15 is 0 Å². The first-order valence-electron chi connectivity index (χ1n) is 8.33. The quantitative estimate of drug-likeness (QED) is 0.866. The Kier molecular flexibility index (Phi) is 6.07. The molecule has 0 spiro atoms. The molecule has 0 aliphatic carbocycles. The van der Waals surface area contributed by atoms with Crippen molar-refractivity contribution in [1.29, 1.82) is 0 Å². The second-order valence-electron chi connectivity index (χ2n) is 6.33. The van der Waals surface area contributed by atoms with Crippen molar-refractivity contribution in [3.05, 3.63) is 29.8 Å². The topological polar surface area (TPSA) is 24.5 Å². The van der Waals surface area contributed by atoms with Gasteiger partial charge in [-0.05, 0) is 70.9 Å². The Morgan fingerprint density at radius 1 is 1.14 bits per heavy atom. The average molecular weight is 290 g/mol. The summed E-state index contributed by atoms with van der Waals surface area (Å²) in [6, 6.07) is 9.55. The lowest BCUT2D eigenvalue weighted by Crippen LogP contribution is -2.43. The monoisotopic (exact) mass is 290 g/mol. The molecule has 0 bridgehead atoms. The molecule has 1 unspecified atom stereocenters. The first-order chi connectivity index (χ1) is 10.1. The van der Waals surface area contributed by atoms with Gasteiger partial charge in [-0.1, -0.05) is 19.1 Å². The molecular weight excluding hydrogens is 260 g/mol. The van der Waals surface area contributed by atoms with Gasteiger partial charge in [0.05, 0.1) is 6.10 Å². The summed E-state index contributed by atoms with van der Waals surface area (Å²) in [4.78, 5) is 2.53. The van der Waals surface area contributed by atoms with Gasteiger partial charge >= 0.3 is 0 Å². The number of nitrogens with one attached hydrogen (secondary N) is 1. The number of hydrogen-bond donors (Lipinski definition) is 1. The van der Waals surface area contributed by atoms with Crippen LogP contribution in [0.25, 0.3) is 0 Å². The van der Waals surface area contributed by atoms with E-state index in [0.29, 0.717) is 12.1 Å². The molecule has 118 valence electrons. The van der Waals surface area contributed by atoms with E-state index < -0.39 is 0 Å². The van der Waals surface area contributed by atoms with Crippen LogP contribution in [-0.4, -0.2) is 36.7 Å². The molecule has 3 nitrogen and oxygen atoms in total. The molecule has 1 aromatic carbocycles. The number of ether oxygens (including phenoxy) is 1. The third-order valence-corrected chi connectivity index (χ3v) is 4.27. The van der Waals surface area contributed by atoms with Crippen LogP contribution in [0.5, 0.6) is 5.75 Å². The molecule has 1 aliphatic rings. The zero-order valence-corrected chi connectivity index (χ0v) is 13.9. The fraction of sp³-hybridized carbons (Fsp3) is 0.667. The normalized spacial score (nSPS) is 18.9. The van der Waals surface area contributed by atoms with Crippen molar-refractivity contribution in [3.8, 4) is 5.75 Å². The second kappa shape index (κ2) is 7.81. The highest BCUT2D eigenvalue weighted by molar-refractivity contribution is 5.29. The van der Waals surface area contributed by atoms with Crippen LogP contribution in [0.2, 0.25) is 0 Å². The summed E-state index contributed by atoms with van der Waals surface area (Å²) in [5.41, 5.74) is 1.34. The van der Waals surface area contributed by atoms with Crippen molar-refractivity contribution >= 4 is 0 Å². The minimum Gasteiger partial charge on any atom is -0.491 e. The highest BCUT2D eigenvalue weighted by Crippen LogP contribution is 2.20. The maximum absolute atomic E-state index is 5.70. The van der Waals surface area contributed by atoms with Crippen LogP contribution in [0.4, 0.5) is 0 Å². The summed E-state index contributed by atoms with van der Waals surface area (Å²) in [6.45, 7) is 12.2. The number of rotatable bonds is 6. The SMILES string of the molecule is CCN1CCC(NC(C)c2ccc(OC(C)C)cc2)CC1. The number of benzene rings is 1. The van der Waals surface area contributed by atoms with Crippen molar-refractivity contribution < 1.29 is 4.74 Å². The van der Waals surface area contributed by atoms with Crippen LogP contribution >= 0.6 is 0 Å². The van der Waals surface area contributed by atoms with Crippen LogP contribution in [0.15, 0.2) is 24.3 Å².